The van der Waals surface area contributed by atoms with Crippen LogP contribution in [0.5, 0.6) is 0 Å². The summed E-state index contributed by atoms with van der Waals surface area (Å²) in [5.74, 6) is 0.713. The Morgan fingerprint density at radius 2 is 2.00 bits per heavy atom. The maximum absolute atomic E-state index is 13.0. The van der Waals surface area contributed by atoms with Gasteiger partial charge in [0.05, 0.1) is 5.69 Å². The molecule has 120 valence electrons. The Balaban J connectivity index is 1.49. The topological polar surface area (TPSA) is 56.2 Å². The second-order valence-corrected chi connectivity index (χ2v) is 6.25. The molecule has 5 nitrogen and oxygen atoms in total. The molecule has 4 rings (SSSR count). The molecule has 0 radical (unpaired) electrons. The number of pyridine rings is 1. The summed E-state index contributed by atoms with van der Waals surface area (Å²) in [6, 6.07) is 9.99. The predicted molar refractivity (Wildman–Crippen MR) is 89.2 cm³/mol. The van der Waals surface area contributed by atoms with Crippen LogP contribution in [0.2, 0.25) is 0 Å². The van der Waals surface area contributed by atoms with Gasteiger partial charge in [-0.2, -0.15) is 0 Å². The number of aryl methyl sites for hydroxylation is 1. The average Bonchev–Trinajstić information content (AvgIpc) is 3.21. The largest absolute Gasteiger partial charge is 0.411 e. The molecule has 0 saturated heterocycles. The quantitative estimate of drug-likeness (QED) is 0.523. The Labute approximate surface area is 141 Å². The van der Waals surface area contributed by atoms with Gasteiger partial charge in [0.2, 0.25) is 5.89 Å². The number of imidazole rings is 1. The third kappa shape index (κ3) is 2.90. The van der Waals surface area contributed by atoms with E-state index in [-0.39, 0.29) is 5.82 Å². The summed E-state index contributed by atoms with van der Waals surface area (Å²) in [5, 5.41) is 8.48. The molecule has 0 saturated carbocycles. The summed E-state index contributed by atoms with van der Waals surface area (Å²) in [5.41, 5.74) is 3.71. The summed E-state index contributed by atoms with van der Waals surface area (Å²) in [7, 11) is 0. The van der Waals surface area contributed by atoms with Crippen LogP contribution in [0, 0.1) is 12.7 Å². The first-order valence-corrected chi connectivity index (χ1v) is 8.33. The molecule has 4 aromatic rings. The number of hydrogen-bond acceptors (Lipinski definition) is 5. The maximum atomic E-state index is 13.0. The minimum Gasteiger partial charge on any atom is -0.411 e. The number of hydrogen-bond donors (Lipinski definition) is 0. The fourth-order valence-electron chi connectivity index (χ4n) is 2.39. The average molecular weight is 340 g/mol. The van der Waals surface area contributed by atoms with Gasteiger partial charge in [-0.25, -0.2) is 9.37 Å². The number of halogens is 1. The van der Waals surface area contributed by atoms with Gasteiger partial charge in [0.15, 0.2) is 0 Å². The molecule has 0 fully saturated rings. The Hall–Kier alpha value is -2.67. The molecule has 0 bridgehead atoms. The Morgan fingerprint density at radius 3 is 2.79 bits per heavy atom. The molecular weight excluding hydrogens is 327 g/mol. The molecule has 3 heterocycles. The monoisotopic (exact) mass is 340 g/mol. The van der Waals surface area contributed by atoms with E-state index in [9.17, 15) is 4.39 Å². The Morgan fingerprint density at radius 1 is 1.17 bits per heavy atom. The summed E-state index contributed by atoms with van der Waals surface area (Å²) < 4.78 is 20.6. The minimum absolute atomic E-state index is 0.296. The molecule has 0 aliphatic rings. The van der Waals surface area contributed by atoms with Crippen molar-refractivity contribution >= 4 is 17.4 Å². The molecule has 0 N–H and O–H groups in total. The van der Waals surface area contributed by atoms with Crippen molar-refractivity contribution in [3.8, 4) is 11.5 Å². The van der Waals surface area contributed by atoms with Crippen molar-refractivity contribution in [2.24, 2.45) is 0 Å². The lowest BCUT2D eigenvalue weighted by molar-refractivity contribution is 0.465. The maximum Gasteiger partial charge on any atom is 0.277 e. The van der Waals surface area contributed by atoms with Crippen molar-refractivity contribution < 1.29 is 8.81 Å². The van der Waals surface area contributed by atoms with Crippen LogP contribution in [-0.2, 0) is 5.75 Å². The van der Waals surface area contributed by atoms with Crippen molar-refractivity contribution in [3.05, 3.63) is 65.9 Å². The molecule has 0 aliphatic carbocycles. The van der Waals surface area contributed by atoms with Gasteiger partial charge in [0.25, 0.3) is 5.22 Å². The van der Waals surface area contributed by atoms with Crippen LogP contribution in [0.25, 0.3) is 17.1 Å². The van der Waals surface area contributed by atoms with Gasteiger partial charge in [0, 0.05) is 23.7 Å². The smallest absolute Gasteiger partial charge is 0.277 e. The third-order valence-corrected chi connectivity index (χ3v) is 4.42. The SMILES string of the molecule is Cc1cccn2cc(CSc3nnc(-c4ccc(F)cc4)o3)nc12. The van der Waals surface area contributed by atoms with E-state index in [1.165, 1.54) is 23.9 Å². The van der Waals surface area contributed by atoms with E-state index in [4.69, 9.17) is 4.42 Å². The number of nitrogens with zero attached hydrogens (tertiary/aromatic N) is 4. The van der Waals surface area contributed by atoms with Gasteiger partial charge in [-0.05, 0) is 42.8 Å². The zero-order valence-corrected chi connectivity index (χ0v) is 13.6. The molecular formula is C17H13FN4OS. The van der Waals surface area contributed by atoms with Crippen molar-refractivity contribution in [2.75, 3.05) is 0 Å². The second-order valence-electron chi connectivity index (χ2n) is 5.32. The van der Waals surface area contributed by atoms with Gasteiger partial charge in [-0.1, -0.05) is 17.8 Å². The molecule has 0 unspecified atom stereocenters. The first-order chi connectivity index (χ1) is 11.7. The van der Waals surface area contributed by atoms with E-state index < -0.39 is 0 Å². The molecule has 24 heavy (non-hydrogen) atoms. The number of benzene rings is 1. The van der Waals surface area contributed by atoms with Gasteiger partial charge in [-0.15, -0.1) is 10.2 Å². The van der Waals surface area contributed by atoms with Crippen LogP contribution in [0.3, 0.4) is 0 Å². The van der Waals surface area contributed by atoms with Crippen LogP contribution in [0.15, 0.2) is 58.4 Å². The number of rotatable bonds is 4. The number of thioether (sulfide) groups is 1. The van der Waals surface area contributed by atoms with Crippen molar-refractivity contribution in [1.29, 1.82) is 0 Å². The first-order valence-electron chi connectivity index (χ1n) is 7.34. The third-order valence-electron chi connectivity index (χ3n) is 3.57. The fraction of sp³-hybridized carbons (Fsp3) is 0.118. The van der Waals surface area contributed by atoms with Crippen LogP contribution in [-0.4, -0.2) is 19.6 Å². The first kappa shape index (κ1) is 14.9. The highest BCUT2D eigenvalue weighted by Gasteiger charge is 2.11. The van der Waals surface area contributed by atoms with Gasteiger partial charge in [0.1, 0.15) is 11.5 Å². The van der Waals surface area contributed by atoms with Crippen LogP contribution >= 0.6 is 11.8 Å². The molecule has 0 atom stereocenters. The van der Waals surface area contributed by atoms with Crippen LogP contribution < -0.4 is 0 Å². The molecule has 7 heteroatoms. The Bertz CT molecular complexity index is 993. The summed E-state index contributed by atoms with van der Waals surface area (Å²) >= 11 is 1.42. The lowest BCUT2D eigenvalue weighted by atomic mass is 10.2. The molecule has 0 spiro atoms. The van der Waals surface area contributed by atoms with Gasteiger partial charge in [-0.3, -0.25) is 0 Å². The van der Waals surface area contributed by atoms with E-state index in [1.54, 1.807) is 12.1 Å². The van der Waals surface area contributed by atoms with Crippen LogP contribution in [0.4, 0.5) is 4.39 Å². The van der Waals surface area contributed by atoms with Gasteiger partial charge >= 0.3 is 0 Å². The van der Waals surface area contributed by atoms with E-state index in [0.29, 0.717) is 22.4 Å². The van der Waals surface area contributed by atoms with Crippen LogP contribution in [0.1, 0.15) is 11.3 Å². The number of fused-ring (bicyclic) bond motifs is 1. The van der Waals surface area contributed by atoms with E-state index in [2.05, 4.69) is 15.2 Å². The van der Waals surface area contributed by atoms with Gasteiger partial charge < -0.3 is 8.82 Å². The van der Waals surface area contributed by atoms with Crippen molar-refractivity contribution in [1.82, 2.24) is 19.6 Å². The normalized spacial score (nSPS) is 11.2. The molecule has 0 aliphatic heterocycles. The molecule has 1 aromatic carbocycles. The summed E-state index contributed by atoms with van der Waals surface area (Å²) in [4.78, 5) is 4.61. The number of aromatic nitrogens is 4. The highest BCUT2D eigenvalue weighted by atomic mass is 32.2. The van der Waals surface area contributed by atoms with E-state index in [1.807, 2.05) is 35.9 Å². The zero-order chi connectivity index (χ0) is 16.5. The highest BCUT2D eigenvalue weighted by Crippen LogP contribution is 2.26. The lowest BCUT2D eigenvalue weighted by Crippen LogP contribution is -1.84. The summed E-state index contributed by atoms with van der Waals surface area (Å²) in [6.45, 7) is 2.03. The molecule has 3 aromatic heterocycles. The van der Waals surface area contributed by atoms with E-state index in [0.717, 1.165) is 16.9 Å². The lowest BCUT2D eigenvalue weighted by Gasteiger charge is -1.94. The highest BCUT2D eigenvalue weighted by molar-refractivity contribution is 7.98. The molecule has 0 amide bonds. The second kappa shape index (κ2) is 6.09. The minimum atomic E-state index is -0.296. The standard InChI is InChI=1S/C17H13FN4OS/c1-11-3-2-8-22-9-14(19-15(11)22)10-24-17-21-20-16(23-17)12-4-6-13(18)7-5-12/h2-9H,10H2,1H3. The predicted octanol–water partition coefficient (Wildman–Crippen LogP) is 4.12. The van der Waals surface area contributed by atoms with Crippen molar-refractivity contribution in [3.63, 3.8) is 0 Å². The van der Waals surface area contributed by atoms with E-state index >= 15 is 0 Å². The fourth-order valence-corrected chi connectivity index (χ4v) is 3.03. The Kier molecular flexibility index (Phi) is 3.78. The summed E-state index contributed by atoms with van der Waals surface area (Å²) in [6.07, 6.45) is 3.97. The zero-order valence-electron chi connectivity index (χ0n) is 12.8. The van der Waals surface area contributed by atoms with Crippen molar-refractivity contribution in [2.45, 2.75) is 17.9 Å².